The van der Waals surface area contributed by atoms with Crippen LogP contribution in [0.25, 0.3) is 10.9 Å². The Labute approximate surface area is 329 Å². The fourth-order valence-corrected chi connectivity index (χ4v) is 6.76. The minimum atomic E-state index is -0.729. The van der Waals surface area contributed by atoms with Gasteiger partial charge in [0, 0.05) is 23.5 Å². The van der Waals surface area contributed by atoms with E-state index in [9.17, 15) is 19.5 Å². The Morgan fingerprint density at radius 2 is 1.41 bits per heavy atom. The summed E-state index contributed by atoms with van der Waals surface area (Å²) in [6, 6.07) is 34.1. The molecule has 0 aliphatic heterocycles. The molecule has 4 N–H and O–H groups in total. The third kappa shape index (κ3) is 12.8. The van der Waals surface area contributed by atoms with Gasteiger partial charge in [0.15, 0.2) is 0 Å². The number of carbonyl (C=O) groups excluding carboxylic acids is 3. The van der Waals surface area contributed by atoms with Gasteiger partial charge in [-0.15, -0.1) is 13.2 Å². The smallest absolute Gasteiger partial charge is 0.309 e. The third-order valence-corrected chi connectivity index (χ3v) is 9.78. The van der Waals surface area contributed by atoms with Gasteiger partial charge in [0.1, 0.15) is 19.0 Å². The van der Waals surface area contributed by atoms with Gasteiger partial charge in [-0.1, -0.05) is 103 Å². The van der Waals surface area contributed by atoms with Gasteiger partial charge in [-0.05, 0) is 79.0 Å². The van der Waals surface area contributed by atoms with Crippen LogP contribution in [0.15, 0.2) is 141 Å². The minimum Gasteiger partial charge on any atom is -0.489 e. The number of hydrogen-bond acceptors (Lipinski definition) is 6. The second-order valence-electron chi connectivity index (χ2n) is 14.1. The Balaban J connectivity index is 1.21. The average molecular weight is 756 g/mol. The lowest BCUT2D eigenvalue weighted by Gasteiger charge is -2.24. The SMILES string of the molecule is C=CCC[C@H](Cc1ccccc1)C(=O)OC[C@H](Cc1c[nH]c2ccccc12)NC(=O)[C@@H](CC=C)CC(=O)N[C@H](CO)Cc1ccc(OCc2ccccc2)cc1. The fourth-order valence-electron chi connectivity index (χ4n) is 6.76. The van der Waals surface area contributed by atoms with E-state index in [1.165, 1.54) is 0 Å². The zero-order valence-corrected chi connectivity index (χ0v) is 31.9. The standard InChI is InChI=1S/C47H53N3O6/c1-3-5-19-38(26-34-15-8-6-9-16-34)47(54)56-33-41(28-39-30-48-44-21-13-12-20-43(39)44)50-46(53)37(14-4-2)29-45(52)49-40(31-51)27-35-22-24-42(25-23-35)55-32-36-17-10-7-11-18-36/h3-4,6-13,15-18,20-25,30,37-38,40-41,48,51H,1-2,5,14,19,26-29,31-33H2,(H,49,52)(H,50,53)/t37-,38+,40-,41-/m0/s1. The number of carbonyl (C=O) groups is 3. The molecule has 0 saturated carbocycles. The van der Waals surface area contributed by atoms with Crippen LogP contribution in [0.2, 0.25) is 0 Å². The topological polar surface area (TPSA) is 130 Å². The van der Waals surface area contributed by atoms with Crippen molar-refractivity contribution < 1.29 is 29.0 Å². The quantitative estimate of drug-likeness (QED) is 0.0405. The zero-order valence-electron chi connectivity index (χ0n) is 31.9. The number of aromatic nitrogens is 1. The van der Waals surface area contributed by atoms with Gasteiger partial charge in [-0.3, -0.25) is 14.4 Å². The maximum atomic E-state index is 13.9. The number of H-pyrrole nitrogens is 1. The average Bonchev–Trinajstić information content (AvgIpc) is 3.63. The lowest BCUT2D eigenvalue weighted by atomic mass is 9.94. The van der Waals surface area contributed by atoms with Crippen molar-refractivity contribution in [3.63, 3.8) is 0 Å². The van der Waals surface area contributed by atoms with Gasteiger partial charge < -0.3 is 30.2 Å². The summed E-state index contributed by atoms with van der Waals surface area (Å²) >= 11 is 0. The Kier molecular flexibility index (Phi) is 16.1. The van der Waals surface area contributed by atoms with Gasteiger partial charge in [-0.25, -0.2) is 0 Å². The van der Waals surface area contributed by atoms with Gasteiger partial charge >= 0.3 is 5.97 Å². The van der Waals surface area contributed by atoms with Crippen LogP contribution < -0.4 is 15.4 Å². The van der Waals surface area contributed by atoms with Crippen molar-refractivity contribution in [2.75, 3.05) is 13.2 Å². The summed E-state index contributed by atoms with van der Waals surface area (Å²) in [4.78, 5) is 44.1. The van der Waals surface area contributed by atoms with Crippen LogP contribution in [-0.4, -0.2) is 53.2 Å². The molecule has 5 rings (SSSR count). The summed E-state index contributed by atoms with van der Waals surface area (Å²) in [5.74, 6) is -1.42. The summed E-state index contributed by atoms with van der Waals surface area (Å²) in [6.07, 6.45) is 8.06. The summed E-state index contributed by atoms with van der Waals surface area (Å²) in [6.45, 7) is 7.80. The Morgan fingerprint density at radius 1 is 0.732 bits per heavy atom. The van der Waals surface area contributed by atoms with Crippen molar-refractivity contribution in [1.29, 1.82) is 0 Å². The highest BCUT2D eigenvalue weighted by Gasteiger charge is 2.27. The summed E-state index contributed by atoms with van der Waals surface area (Å²) in [7, 11) is 0. The van der Waals surface area contributed by atoms with E-state index in [0.29, 0.717) is 38.7 Å². The van der Waals surface area contributed by atoms with E-state index < -0.39 is 18.0 Å². The molecule has 56 heavy (non-hydrogen) atoms. The number of ether oxygens (including phenoxy) is 2. The van der Waals surface area contributed by atoms with Crippen LogP contribution in [0.3, 0.4) is 0 Å². The van der Waals surface area contributed by atoms with Crippen LogP contribution >= 0.6 is 0 Å². The maximum absolute atomic E-state index is 13.9. The molecule has 0 aliphatic rings. The molecule has 1 aromatic heterocycles. The van der Waals surface area contributed by atoms with Gasteiger partial charge in [0.2, 0.25) is 11.8 Å². The lowest BCUT2D eigenvalue weighted by molar-refractivity contribution is -0.150. The maximum Gasteiger partial charge on any atom is 0.309 e. The van der Waals surface area contributed by atoms with Crippen molar-refractivity contribution in [3.05, 3.63) is 163 Å². The number of esters is 1. The van der Waals surface area contributed by atoms with Crippen LogP contribution in [0.4, 0.5) is 0 Å². The Hall–Kier alpha value is -5.93. The second-order valence-corrected chi connectivity index (χ2v) is 14.1. The molecular formula is C47H53N3O6. The van der Waals surface area contributed by atoms with Crippen LogP contribution in [0, 0.1) is 11.8 Å². The zero-order chi connectivity index (χ0) is 39.5. The highest BCUT2D eigenvalue weighted by Crippen LogP contribution is 2.22. The molecule has 0 saturated heterocycles. The number of aliphatic hydroxyl groups excluding tert-OH is 1. The van der Waals surface area contributed by atoms with Crippen molar-refractivity contribution in [2.45, 2.75) is 63.6 Å². The number of para-hydroxylation sites is 1. The van der Waals surface area contributed by atoms with E-state index in [2.05, 4.69) is 28.8 Å². The van der Waals surface area contributed by atoms with Crippen molar-refractivity contribution >= 4 is 28.7 Å². The Bertz CT molecular complexity index is 1990. The molecule has 1 heterocycles. The van der Waals surface area contributed by atoms with E-state index in [1.54, 1.807) is 12.2 Å². The third-order valence-electron chi connectivity index (χ3n) is 9.78. The molecule has 0 bridgehead atoms. The number of aromatic amines is 1. The molecule has 0 aliphatic carbocycles. The highest BCUT2D eigenvalue weighted by molar-refractivity contribution is 5.87. The van der Waals surface area contributed by atoms with Crippen LogP contribution in [0.5, 0.6) is 5.75 Å². The molecule has 9 heteroatoms. The number of benzene rings is 4. The molecule has 2 amide bonds. The second kappa shape index (κ2) is 21.8. The molecule has 0 unspecified atom stereocenters. The van der Waals surface area contributed by atoms with E-state index in [-0.39, 0.29) is 49.8 Å². The van der Waals surface area contributed by atoms with Crippen LogP contribution in [-0.2, 0) is 45.0 Å². The van der Waals surface area contributed by atoms with Crippen LogP contribution in [0.1, 0.15) is 47.9 Å². The largest absolute Gasteiger partial charge is 0.489 e. The number of hydrogen-bond donors (Lipinski definition) is 4. The predicted molar refractivity (Wildman–Crippen MR) is 221 cm³/mol. The molecule has 0 radical (unpaired) electrons. The Morgan fingerprint density at radius 3 is 2.11 bits per heavy atom. The van der Waals surface area contributed by atoms with Gasteiger partial charge in [0.05, 0.1) is 30.5 Å². The first-order valence-electron chi connectivity index (χ1n) is 19.3. The number of allylic oxidation sites excluding steroid dienone is 2. The minimum absolute atomic E-state index is 0.0425. The van der Waals surface area contributed by atoms with E-state index >= 15 is 0 Å². The molecule has 4 atom stereocenters. The molecule has 9 nitrogen and oxygen atoms in total. The fraction of sp³-hybridized carbons (Fsp3) is 0.298. The molecular weight excluding hydrogens is 703 g/mol. The van der Waals surface area contributed by atoms with E-state index in [0.717, 1.165) is 38.9 Å². The van der Waals surface area contributed by atoms with Crippen molar-refractivity contribution in [3.8, 4) is 5.75 Å². The van der Waals surface area contributed by atoms with Crippen molar-refractivity contribution in [1.82, 2.24) is 15.6 Å². The van der Waals surface area contributed by atoms with E-state index in [4.69, 9.17) is 9.47 Å². The number of amides is 2. The summed E-state index contributed by atoms with van der Waals surface area (Å²) in [5.41, 5.74) is 4.96. The monoisotopic (exact) mass is 755 g/mol. The molecule has 0 fully saturated rings. The lowest BCUT2D eigenvalue weighted by Crippen LogP contribution is -2.45. The first kappa shape index (κ1) is 41.2. The number of fused-ring (bicyclic) bond motifs is 1. The first-order valence-corrected chi connectivity index (χ1v) is 19.3. The first-order chi connectivity index (χ1) is 27.3. The van der Waals surface area contributed by atoms with Gasteiger partial charge in [0.25, 0.3) is 0 Å². The number of nitrogens with one attached hydrogen (secondary N) is 3. The molecule has 292 valence electrons. The van der Waals surface area contributed by atoms with Gasteiger partial charge in [-0.2, -0.15) is 0 Å². The number of aliphatic hydroxyl groups is 1. The van der Waals surface area contributed by atoms with E-state index in [1.807, 2.05) is 115 Å². The number of rotatable bonds is 23. The summed E-state index contributed by atoms with van der Waals surface area (Å²) < 4.78 is 11.8. The predicted octanol–water partition coefficient (Wildman–Crippen LogP) is 7.44. The molecule has 0 spiro atoms. The highest BCUT2D eigenvalue weighted by atomic mass is 16.5. The van der Waals surface area contributed by atoms with Crippen molar-refractivity contribution in [2.24, 2.45) is 11.8 Å². The normalized spacial score (nSPS) is 13.2. The molecule has 5 aromatic rings. The molecule has 4 aromatic carbocycles. The summed E-state index contributed by atoms with van der Waals surface area (Å²) in [5, 5.41) is 17.2.